The third-order valence-corrected chi connectivity index (χ3v) is 3.02. The molecule has 1 rings (SSSR count). The van der Waals surface area contributed by atoms with Gasteiger partial charge in [-0.25, -0.2) is 0 Å². The van der Waals surface area contributed by atoms with E-state index < -0.39 is 12.1 Å². The fourth-order valence-electron chi connectivity index (χ4n) is 2.18. The van der Waals surface area contributed by atoms with Crippen molar-refractivity contribution in [2.24, 2.45) is 0 Å². The van der Waals surface area contributed by atoms with E-state index in [0.29, 0.717) is 29.2 Å². The van der Waals surface area contributed by atoms with Gasteiger partial charge in [-0.05, 0) is 18.1 Å². The van der Waals surface area contributed by atoms with Crippen LogP contribution in [0.5, 0.6) is 17.2 Å². The summed E-state index contributed by atoms with van der Waals surface area (Å²) in [5, 5.41) is 0. The molecule has 0 aliphatic carbocycles. The maximum Gasteiger partial charge on any atom is 0.304 e. The molecule has 118 valence electrons. The van der Waals surface area contributed by atoms with E-state index in [1.165, 1.54) is 28.3 Å². The van der Waals surface area contributed by atoms with Gasteiger partial charge in [0.1, 0.15) is 0 Å². The molecule has 0 bridgehead atoms. The summed E-state index contributed by atoms with van der Waals surface area (Å²) < 4.78 is 21.3. The minimum Gasteiger partial charge on any atom is -0.493 e. The summed E-state index contributed by atoms with van der Waals surface area (Å²) in [6, 6.07) is 1.77. The molecule has 1 unspecified atom stereocenters. The predicted molar refractivity (Wildman–Crippen MR) is 83.3 cm³/mol. The summed E-state index contributed by atoms with van der Waals surface area (Å²) in [5.74, 6) is 3.24. The first-order valence-corrected chi connectivity index (χ1v) is 6.59. The number of hydrogen-bond acceptors (Lipinski definition) is 5. The van der Waals surface area contributed by atoms with Crippen LogP contribution in [0.25, 0.3) is 0 Å². The van der Waals surface area contributed by atoms with Crippen molar-refractivity contribution in [1.82, 2.24) is 0 Å². The molecule has 0 saturated heterocycles. The number of hydrogen-bond donors (Lipinski definition) is 0. The Hall–Kier alpha value is -2.61. The Morgan fingerprint density at radius 1 is 1.32 bits per heavy atom. The number of benzene rings is 1. The average Bonchev–Trinajstić information content (AvgIpc) is 2.51. The second kappa shape index (κ2) is 7.99. The number of terminal acetylenes is 1. The van der Waals surface area contributed by atoms with E-state index in [0.717, 1.165) is 5.56 Å². The zero-order valence-electron chi connectivity index (χ0n) is 13.3. The van der Waals surface area contributed by atoms with Gasteiger partial charge in [-0.1, -0.05) is 12.0 Å². The molecule has 0 aliphatic heterocycles. The summed E-state index contributed by atoms with van der Waals surface area (Å²) in [6.07, 6.45) is 6.86. The van der Waals surface area contributed by atoms with E-state index in [1.54, 1.807) is 12.1 Å². The summed E-state index contributed by atoms with van der Waals surface area (Å²) >= 11 is 0. The first kappa shape index (κ1) is 17.4. The molecule has 0 N–H and O–H groups in total. The van der Waals surface area contributed by atoms with E-state index >= 15 is 0 Å². The molecule has 1 aromatic carbocycles. The molecule has 0 aliphatic rings. The van der Waals surface area contributed by atoms with Gasteiger partial charge >= 0.3 is 5.97 Å². The second-order valence-electron chi connectivity index (χ2n) is 4.37. The molecule has 0 fully saturated rings. The molecule has 0 spiro atoms. The molecule has 0 radical (unpaired) electrons. The van der Waals surface area contributed by atoms with Crippen LogP contribution in [0.1, 0.15) is 24.2 Å². The maximum atomic E-state index is 11.3. The van der Waals surface area contributed by atoms with Gasteiger partial charge in [0, 0.05) is 6.92 Å². The number of esters is 1. The number of carbonyl (C=O) groups excluding carboxylic acids is 1. The fraction of sp³-hybridized carbons (Fsp3) is 0.353. The first-order chi connectivity index (χ1) is 10.5. The van der Waals surface area contributed by atoms with Crippen LogP contribution in [0.15, 0.2) is 18.7 Å². The highest BCUT2D eigenvalue weighted by Gasteiger charge is 2.26. The summed E-state index contributed by atoms with van der Waals surface area (Å²) in [6.45, 7) is 5.02. The number of ether oxygens (including phenoxy) is 4. The number of methoxy groups -OCH3 is 3. The highest BCUT2D eigenvalue weighted by molar-refractivity contribution is 5.68. The Labute approximate surface area is 130 Å². The van der Waals surface area contributed by atoms with Crippen LogP contribution in [-0.4, -0.2) is 27.3 Å². The van der Waals surface area contributed by atoms with Gasteiger partial charge < -0.3 is 18.9 Å². The van der Waals surface area contributed by atoms with Gasteiger partial charge in [-0.3, -0.25) is 4.79 Å². The third kappa shape index (κ3) is 3.53. The van der Waals surface area contributed by atoms with Gasteiger partial charge in [0.05, 0.1) is 26.9 Å². The van der Waals surface area contributed by atoms with Gasteiger partial charge in [0.15, 0.2) is 17.6 Å². The maximum absolute atomic E-state index is 11.3. The Kier molecular flexibility index (Phi) is 6.33. The average molecular weight is 304 g/mol. The SMILES string of the molecule is C#CC(OC(C)=O)c1c(CC=C)cc(OC)c(OC)c1OC. The van der Waals surface area contributed by atoms with Crippen molar-refractivity contribution in [3.8, 4) is 29.6 Å². The quantitative estimate of drug-likeness (QED) is 0.440. The number of allylic oxidation sites excluding steroid dienone is 1. The van der Waals surface area contributed by atoms with Crippen LogP contribution in [0.4, 0.5) is 0 Å². The van der Waals surface area contributed by atoms with Crippen LogP contribution in [-0.2, 0) is 16.0 Å². The molecule has 0 heterocycles. The van der Waals surface area contributed by atoms with Crippen molar-refractivity contribution >= 4 is 5.97 Å². The van der Waals surface area contributed by atoms with Crippen molar-refractivity contribution in [3.63, 3.8) is 0 Å². The van der Waals surface area contributed by atoms with Crippen molar-refractivity contribution in [1.29, 1.82) is 0 Å². The summed E-state index contributed by atoms with van der Waals surface area (Å²) in [5.41, 5.74) is 1.34. The lowest BCUT2D eigenvalue weighted by Crippen LogP contribution is -2.12. The Morgan fingerprint density at radius 3 is 2.36 bits per heavy atom. The van der Waals surface area contributed by atoms with Gasteiger partial charge in [0.2, 0.25) is 5.75 Å². The van der Waals surface area contributed by atoms with Crippen LogP contribution in [0.2, 0.25) is 0 Å². The molecular formula is C17H20O5. The van der Waals surface area contributed by atoms with Gasteiger partial charge in [-0.15, -0.1) is 13.0 Å². The van der Waals surface area contributed by atoms with Crippen LogP contribution in [0, 0.1) is 12.3 Å². The molecule has 5 nitrogen and oxygen atoms in total. The van der Waals surface area contributed by atoms with Gasteiger partial charge in [-0.2, -0.15) is 0 Å². The lowest BCUT2D eigenvalue weighted by molar-refractivity contribution is -0.144. The van der Waals surface area contributed by atoms with Crippen molar-refractivity contribution in [3.05, 3.63) is 29.8 Å². The minimum atomic E-state index is -0.887. The molecule has 0 amide bonds. The highest BCUT2D eigenvalue weighted by Crippen LogP contribution is 2.45. The molecule has 5 heteroatoms. The Bertz CT molecular complexity index is 598. The lowest BCUT2D eigenvalue weighted by Gasteiger charge is -2.22. The first-order valence-electron chi connectivity index (χ1n) is 6.59. The normalized spacial score (nSPS) is 11.0. The van der Waals surface area contributed by atoms with Crippen molar-refractivity contribution < 1.29 is 23.7 Å². The molecule has 0 saturated carbocycles. The second-order valence-corrected chi connectivity index (χ2v) is 4.37. The molecule has 0 aromatic heterocycles. The summed E-state index contributed by atoms with van der Waals surface area (Å²) in [7, 11) is 4.51. The van der Waals surface area contributed by atoms with E-state index in [2.05, 4.69) is 12.5 Å². The highest BCUT2D eigenvalue weighted by atomic mass is 16.5. The minimum absolute atomic E-state index is 0.378. The zero-order valence-corrected chi connectivity index (χ0v) is 13.3. The predicted octanol–water partition coefficient (Wildman–Crippen LogP) is 2.68. The van der Waals surface area contributed by atoms with Gasteiger partial charge in [0.25, 0.3) is 0 Å². The summed E-state index contributed by atoms with van der Waals surface area (Å²) in [4.78, 5) is 11.3. The zero-order chi connectivity index (χ0) is 16.7. The third-order valence-electron chi connectivity index (χ3n) is 3.02. The topological polar surface area (TPSA) is 54.0 Å². The standard InChI is InChI=1S/C17H20O5/c1-7-9-12-10-14(19-4)16(20-5)17(21-6)15(12)13(8-2)22-11(3)18/h2,7,10,13H,1,9H2,3-6H3. The molecule has 22 heavy (non-hydrogen) atoms. The number of rotatable bonds is 7. The Balaban J connectivity index is 3.66. The molecular weight excluding hydrogens is 284 g/mol. The van der Waals surface area contributed by atoms with Crippen molar-refractivity contribution in [2.75, 3.05) is 21.3 Å². The molecule has 1 atom stereocenters. The lowest BCUT2D eigenvalue weighted by atomic mass is 9.97. The molecule has 1 aromatic rings. The monoisotopic (exact) mass is 304 g/mol. The van der Waals surface area contributed by atoms with E-state index in [9.17, 15) is 4.79 Å². The van der Waals surface area contributed by atoms with E-state index in [1.807, 2.05) is 0 Å². The van der Waals surface area contributed by atoms with Crippen molar-refractivity contribution in [2.45, 2.75) is 19.4 Å². The van der Waals surface area contributed by atoms with Crippen LogP contribution >= 0.6 is 0 Å². The number of carbonyl (C=O) groups is 1. The fourth-order valence-corrected chi connectivity index (χ4v) is 2.18. The van der Waals surface area contributed by atoms with Crippen LogP contribution < -0.4 is 14.2 Å². The smallest absolute Gasteiger partial charge is 0.304 e. The van der Waals surface area contributed by atoms with E-state index in [4.69, 9.17) is 25.4 Å². The largest absolute Gasteiger partial charge is 0.493 e. The Morgan fingerprint density at radius 2 is 1.95 bits per heavy atom. The van der Waals surface area contributed by atoms with E-state index in [-0.39, 0.29) is 0 Å². The van der Waals surface area contributed by atoms with Crippen LogP contribution in [0.3, 0.4) is 0 Å².